The van der Waals surface area contributed by atoms with Crippen LogP contribution in [0, 0.1) is 6.92 Å². The van der Waals surface area contributed by atoms with Gasteiger partial charge in [-0.3, -0.25) is 19.3 Å². The Morgan fingerprint density at radius 1 is 1.08 bits per heavy atom. The smallest absolute Gasteiger partial charge is 0.261 e. The van der Waals surface area contributed by atoms with Crippen molar-refractivity contribution >= 4 is 17.7 Å². The van der Waals surface area contributed by atoms with Gasteiger partial charge >= 0.3 is 0 Å². The van der Waals surface area contributed by atoms with Crippen LogP contribution in [0.5, 0.6) is 0 Å². The Kier molecular flexibility index (Phi) is 6.12. The van der Waals surface area contributed by atoms with Gasteiger partial charge in [0, 0.05) is 26.1 Å². The zero-order chi connectivity index (χ0) is 17.7. The molecule has 0 N–H and O–H groups in total. The molecule has 0 atom stereocenters. The van der Waals surface area contributed by atoms with Crippen molar-refractivity contribution in [3.05, 3.63) is 34.9 Å². The maximum atomic E-state index is 12.4. The first kappa shape index (κ1) is 18.2. The van der Waals surface area contributed by atoms with Gasteiger partial charge in [-0.2, -0.15) is 0 Å². The van der Waals surface area contributed by atoms with Crippen molar-refractivity contribution in [3.63, 3.8) is 0 Å². The van der Waals surface area contributed by atoms with Crippen LogP contribution in [0.15, 0.2) is 18.2 Å². The van der Waals surface area contributed by atoms with Crippen LogP contribution in [0.3, 0.4) is 0 Å². The second kappa shape index (κ2) is 8.08. The molecule has 1 aromatic carbocycles. The summed E-state index contributed by atoms with van der Waals surface area (Å²) in [7, 11) is 0. The number of nitrogens with zero attached hydrogens (tertiary/aromatic N) is 2. The lowest BCUT2D eigenvalue weighted by Crippen LogP contribution is -2.34. The van der Waals surface area contributed by atoms with Crippen molar-refractivity contribution < 1.29 is 14.4 Å². The third kappa shape index (κ3) is 3.83. The maximum absolute atomic E-state index is 12.4. The summed E-state index contributed by atoms with van der Waals surface area (Å²) in [5.41, 5.74) is 1.90. The quantitative estimate of drug-likeness (QED) is 0.689. The lowest BCUT2D eigenvalue weighted by atomic mass is 10.1. The van der Waals surface area contributed by atoms with E-state index >= 15 is 0 Å². The summed E-state index contributed by atoms with van der Waals surface area (Å²) in [5.74, 6) is -0.399. The predicted octanol–water partition coefficient (Wildman–Crippen LogP) is 3.02. The van der Waals surface area contributed by atoms with Crippen LogP contribution in [0.25, 0.3) is 0 Å². The molecule has 0 saturated heterocycles. The van der Waals surface area contributed by atoms with Crippen LogP contribution in [-0.2, 0) is 4.79 Å². The van der Waals surface area contributed by atoms with Crippen molar-refractivity contribution in [1.82, 2.24) is 9.80 Å². The summed E-state index contributed by atoms with van der Waals surface area (Å²) in [6.45, 7) is 7.74. The van der Waals surface area contributed by atoms with Crippen molar-refractivity contribution in [1.29, 1.82) is 0 Å². The molecule has 1 heterocycles. The highest BCUT2D eigenvalue weighted by atomic mass is 16.2. The topological polar surface area (TPSA) is 57.7 Å². The average Bonchev–Trinajstić information content (AvgIpc) is 2.80. The SMILES string of the molecule is CCCCN(CC)C(=O)CCCN1C(=O)c2ccc(C)cc2C1=O. The molecule has 0 aromatic heterocycles. The number of aryl methyl sites for hydroxylation is 1. The summed E-state index contributed by atoms with van der Waals surface area (Å²) in [6.07, 6.45) is 2.92. The van der Waals surface area contributed by atoms with Crippen molar-refractivity contribution in [2.45, 2.75) is 46.5 Å². The van der Waals surface area contributed by atoms with E-state index in [0.29, 0.717) is 37.1 Å². The molecular formula is C19H26N2O3. The lowest BCUT2D eigenvalue weighted by molar-refractivity contribution is -0.131. The van der Waals surface area contributed by atoms with E-state index in [4.69, 9.17) is 0 Å². The fraction of sp³-hybridized carbons (Fsp3) is 0.526. The molecule has 0 spiro atoms. The Morgan fingerprint density at radius 3 is 2.46 bits per heavy atom. The Hall–Kier alpha value is -2.17. The van der Waals surface area contributed by atoms with Gasteiger partial charge in [0.05, 0.1) is 11.1 Å². The summed E-state index contributed by atoms with van der Waals surface area (Å²) < 4.78 is 0. The zero-order valence-corrected chi connectivity index (χ0v) is 14.8. The van der Waals surface area contributed by atoms with Gasteiger partial charge in [-0.25, -0.2) is 0 Å². The molecule has 3 amide bonds. The molecule has 0 bridgehead atoms. The lowest BCUT2D eigenvalue weighted by Gasteiger charge is -2.21. The Labute approximate surface area is 143 Å². The number of rotatable bonds is 8. The van der Waals surface area contributed by atoms with Crippen LogP contribution in [0.2, 0.25) is 0 Å². The number of unbranched alkanes of at least 4 members (excludes halogenated alkanes) is 1. The third-order valence-electron chi connectivity index (χ3n) is 4.41. The average molecular weight is 330 g/mol. The highest BCUT2D eigenvalue weighted by molar-refractivity contribution is 6.21. The van der Waals surface area contributed by atoms with Crippen LogP contribution in [-0.4, -0.2) is 47.2 Å². The van der Waals surface area contributed by atoms with Crippen molar-refractivity contribution in [2.24, 2.45) is 0 Å². The van der Waals surface area contributed by atoms with Crippen molar-refractivity contribution in [3.8, 4) is 0 Å². The van der Waals surface area contributed by atoms with E-state index in [1.807, 2.05) is 24.8 Å². The molecule has 1 aliphatic heterocycles. The van der Waals surface area contributed by atoms with Gasteiger partial charge in [0.15, 0.2) is 0 Å². The van der Waals surface area contributed by atoms with Gasteiger partial charge in [-0.1, -0.05) is 25.0 Å². The van der Waals surface area contributed by atoms with Crippen LogP contribution in [0.1, 0.15) is 65.8 Å². The Morgan fingerprint density at radius 2 is 1.79 bits per heavy atom. The van der Waals surface area contributed by atoms with E-state index in [-0.39, 0.29) is 17.7 Å². The largest absolute Gasteiger partial charge is 0.343 e. The standard InChI is InChI=1S/C19H26N2O3/c1-4-6-11-20(5-2)17(22)8-7-12-21-18(23)15-10-9-14(3)13-16(15)19(21)24/h9-10,13H,4-8,11-12H2,1-3H3. The minimum Gasteiger partial charge on any atom is -0.343 e. The molecule has 5 heteroatoms. The molecule has 1 aromatic rings. The maximum Gasteiger partial charge on any atom is 0.261 e. The van der Waals surface area contributed by atoms with Gasteiger partial charge in [-0.05, 0) is 38.8 Å². The molecule has 0 radical (unpaired) electrons. The van der Waals surface area contributed by atoms with E-state index in [0.717, 1.165) is 24.9 Å². The number of hydrogen-bond donors (Lipinski definition) is 0. The number of benzene rings is 1. The number of carbonyl (C=O) groups is 3. The first-order chi connectivity index (χ1) is 11.5. The Balaban J connectivity index is 1.90. The summed E-state index contributed by atoms with van der Waals surface area (Å²) >= 11 is 0. The second-order valence-electron chi connectivity index (χ2n) is 6.24. The highest BCUT2D eigenvalue weighted by Crippen LogP contribution is 2.24. The Bertz CT molecular complexity index is 639. The molecular weight excluding hydrogens is 304 g/mol. The number of hydrogen-bond acceptors (Lipinski definition) is 3. The zero-order valence-electron chi connectivity index (χ0n) is 14.8. The number of amides is 3. The first-order valence-corrected chi connectivity index (χ1v) is 8.74. The normalized spacial score (nSPS) is 13.4. The first-order valence-electron chi connectivity index (χ1n) is 8.74. The monoisotopic (exact) mass is 330 g/mol. The van der Waals surface area contributed by atoms with Crippen molar-refractivity contribution in [2.75, 3.05) is 19.6 Å². The van der Waals surface area contributed by atoms with Gasteiger partial charge in [0.1, 0.15) is 0 Å². The van der Waals surface area contributed by atoms with E-state index < -0.39 is 0 Å². The molecule has 2 rings (SSSR count). The summed E-state index contributed by atoms with van der Waals surface area (Å²) in [5, 5.41) is 0. The second-order valence-corrected chi connectivity index (χ2v) is 6.24. The summed E-state index contributed by atoms with van der Waals surface area (Å²) in [6, 6.07) is 5.30. The van der Waals surface area contributed by atoms with E-state index in [9.17, 15) is 14.4 Å². The van der Waals surface area contributed by atoms with Gasteiger partial charge < -0.3 is 4.90 Å². The van der Waals surface area contributed by atoms with Crippen LogP contribution in [0.4, 0.5) is 0 Å². The van der Waals surface area contributed by atoms with Gasteiger partial charge in [-0.15, -0.1) is 0 Å². The molecule has 130 valence electrons. The molecule has 0 fully saturated rings. The predicted molar refractivity (Wildman–Crippen MR) is 92.9 cm³/mol. The van der Waals surface area contributed by atoms with Gasteiger partial charge in [0.25, 0.3) is 11.8 Å². The van der Waals surface area contributed by atoms with E-state index in [2.05, 4.69) is 6.92 Å². The molecule has 0 saturated carbocycles. The minimum atomic E-state index is -0.249. The van der Waals surface area contributed by atoms with Gasteiger partial charge in [0.2, 0.25) is 5.91 Å². The van der Waals surface area contributed by atoms with Crippen LogP contribution >= 0.6 is 0 Å². The molecule has 24 heavy (non-hydrogen) atoms. The van der Waals surface area contributed by atoms with Crippen LogP contribution < -0.4 is 0 Å². The number of imide groups is 1. The minimum absolute atomic E-state index is 0.0957. The molecule has 5 nitrogen and oxygen atoms in total. The summed E-state index contributed by atoms with van der Waals surface area (Å²) in [4.78, 5) is 40.0. The van der Waals surface area contributed by atoms with E-state index in [1.54, 1.807) is 12.1 Å². The number of fused-ring (bicyclic) bond motifs is 1. The molecule has 0 unspecified atom stereocenters. The van der Waals surface area contributed by atoms with E-state index in [1.165, 1.54) is 4.90 Å². The molecule has 0 aliphatic carbocycles. The number of carbonyl (C=O) groups excluding carboxylic acids is 3. The fourth-order valence-electron chi connectivity index (χ4n) is 2.96. The third-order valence-corrected chi connectivity index (χ3v) is 4.41. The highest BCUT2D eigenvalue weighted by Gasteiger charge is 2.35. The fourth-order valence-corrected chi connectivity index (χ4v) is 2.96. The molecule has 1 aliphatic rings.